The van der Waals surface area contributed by atoms with Gasteiger partial charge in [-0.05, 0) is 12.0 Å². The SMILES string of the molecule is Cc1nc(CNc2nccn3nc(C(C)C)cc23)no1. The first-order chi connectivity index (χ1) is 9.63. The molecule has 0 aliphatic rings. The molecule has 0 fully saturated rings. The van der Waals surface area contributed by atoms with Crippen molar-refractivity contribution in [1.82, 2.24) is 24.7 Å². The Bertz CT molecular complexity index is 729. The molecule has 20 heavy (non-hydrogen) atoms. The maximum Gasteiger partial charge on any atom is 0.223 e. The molecule has 0 bridgehead atoms. The van der Waals surface area contributed by atoms with E-state index in [2.05, 4.69) is 39.4 Å². The van der Waals surface area contributed by atoms with E-state index in [1.54, 1.807) is 13.1 Å². The fraction of sp³-hybridized carbons (Fsp3) is 0.385. The molecule has 3 rings (SSSR count). The number of hydrogen-bond acceptors (Lipinski definition) is 6. The molecule has 0 saturated heterocycles. The molecule has 0 aromatic carbocycles. The highest BCUT2D eigenvalue weighted by Gasteiger charge is 2.10. The van der Waals surface area contributed by atoms with Crippen LogP contribution in [0.5, 0.6) is 0 Å². The van der Waals surface area contributed by atoms with Gasteiger partial charge in [-0.2, -0.15) is 10.1 Å². The smallest absolute Gasteiger partial charge is 0.223 e. The Hall–Kier alpha value is -2.44. The minimum absolute atomic E-state index is 0.377. The van der Waals surface area contributed by atoms with Gasteiger partial charge in [-0.3, -0.25) is 0 Å². The molecular formula is C13H16N6O. The minimum Gasteiger partial charge on any atom is -0.361 e. The molecule has 3 aromatic heterocycles. The molecule has 0 atom stereocenters. The van der Waals surface area contributed by atoms with Crippen LogP contribution < -0.4 is 5.32 Å². The van der Waals surface area contributed by atoms with Gasteiger partial charge in [0.25, 0.3) is 0 Å². The van der Waals surface area contributed by atoms with Gasteiger partial charge in [0.15, 0.2) is 11.6 Å². The Kier molecular flexibility index (Phi) is 3.09. The first-order valence-electron chi connectivity index (χ1n) is 6.51. The lowest BCUT2D eigenvalue weighted by Gasteiger charge is -2.03. The molecule has 0 spiro atoms. The second kappa shape index (κ2) is 4.92. The summed E-state index contributed by atoms with van der Waals surface area (Å²) in [6, 6.07) is 2.04. The quantitative estimate of drug-likeness (QED) is 0.783. The monoisotopic (exact) mass is 272 g/mol. The molecule has 0 aliphatic carbocycles. The average molecular weight is 272 g/mol. The van der Waals surface area contributed by atoms with Crippen LogP contribution in [0.4, 0.5) is 5.82 Å². The van der Waals surface area contributed by atoms with E-state index >= 15 is 0 Å². The van der Waals surface area contributed by atoms with Gasteiger partial charge in [0.2, 0.25) is 5.89 Å². The van der Waals surface area contributed by atoms with Crippen LogP contribution in [0.3, 0.4) is 0 Å². The Morgan fingerprint density at radius 2 is 2.25 bits per heavy atom. The lowest BCUT2D eigenvalue weighted by molar-refractivity contribution is 0.388. The molecular weight excluding hydrogens is 256 g/mol. The summed E-state index contributed by atoms with van der Waals surface area (Å²) in [7, 11) is 0. The number of rotatable bonds is 4. The van der Waals surface area contributed by atoms with Crippen molar-refractivity contribution in [3.8, 4) is 0 Å². The van der Waals surface area contributed by atoms with Gasteiger partial charge in [0.1, 0.15) is 5.52 Å². The fourth-order valence-corrected chi connectivity index (χ4v) is 1.94. The Morgan fingerprint density at radius 3 is 2.95 bits per heavy atom. The summed E-state index contributed by atoms with van der Waals surface area (Å²) in [6.45, 7) is 6.46. The van der Waals surface area contributed by atoms with Gasteiger partial charge in [0, 0.05) is 19.3 Å². The number of hydrogen-bond donors (Lipinski definition) is 1. The highest BCUT2D eigenvalue weighted by atomic mass is 16.5. The zero-order valence-electron chi connectivity index (χ0n) is 11.7. The first-order valence-corrected chi connectivity index (χ1v) is 6.51. The minimum atomic E-state index is 0.377. The van der Waals surface area contributed by atoms with Crippen molar-refractivity contribution in [2.45, 2.75) is 33.2 Å². The predicted molar refractivity (Wildman–Crippen MR) is 73.4 cm³/mol. The van der Waals surface area contributed by atoms with E-state index in [-0.39, 0.29) is 0 Å². The molecule has 0 saturated carbocycles. The highest BCUT2D eigenvalue weighted by molar-refractivity contribution is 5.67. The molecule has 7 nitrogen and oxygen atoms in total. The molecule has 0 unspecified atom stereocenters. The van der Waals surface area contributed by atoms with Gasteiger partial charge in [-0.25, -0.2) is 9.50 Å². The van der Waals surface area contributed by atoms with Crippen molar-refractivity contribution in [2.24, 2.45) is 0 Å². The summed E-state index contributed by atoms with van der Waals surface area (Å²) in [5.41, 5.74) is 1.98. The van der Waals surface area contributed by atoms with Crippen molar-refractivity contribution in [3.05, 3.63) is 35.9 Å². The third-order valence-electron chi connectivity index (χ3n) is 2.98. The molecule has 7 heteroatoms. The van der Waals surface area contributed by atoms with E-state index in [0.29, 0.717) is 24.2 Å². The molecule has 0 radical (unpaired) electrons. The van der Waals surface area contributed by atoms with Crippen LogP contribution in [0.15, 0.2) is 23.0 Å². The van der Waals surface area contributed by atoms with Crippen LogP contribution in [-0.4, -0.2) is 24.7 Å². The molecule has 3 aromatic rings. The molecule has 0 amide bonds. The van der Waals surface area contributed by atoms with Gasteiger partial charge in [-0.1, -0.05) is 19.0 Å². The van der Waals surface area contributed by atoms with E-state index in [1.807, 2.05) is 16.8 Å². The van der Waals surface area contributed by atoms with Crippen molar-refractivity contribution < 1.29 is 4.52 Å². The van der Waals surface area contributed by atoms with Gasteiger partial charge in [-0.15, -0.1) is 0 Å². The molecule has 104 valence electrons. The number of fused-ring (bicyclic) bond motifs is 1. The van der Waals surface area contributed by atoms with Crippen LogP contribution in [0.2, 0.25) is 0 Å². The number of aryl methyl sites for hydroxylation is 1. The van der Waals surface area contributed by atoms with Crippen molar-refractivity contribution >= 4 is 11.3 Å². The molecule has 3 heterocycles. The van der Waals surface area contributed by atoms with Crippen LogP contribution in [0.25, 0.3) is 5.52 Å². The Balaban J connectivity index is 1.87. The topological polar surface area (TPSA) is 81.1 Å². The normalized spacial score (nSPS) is 11.4. The third kappa shape index (κ3) is 2.34. The van der Waals surface area contributed by atoms with Gasteiger partial charge >= 0.3 is 0 Å². The first kappa shape index (κ1) is 12.6. The number of nitrogens with zero attached hydrogens (tertiary/aromatic N) is 5. The largest absolute Gasteiger partial charge is 0.361 e. The van der Waals surface area contributed by atoms with Crippen molar-refractivity contribution in [3.63, 3.8) is 0 Å². The lowest BCUT2D eigenvalue weighted by atomic mass is 10.1. The number of aromatic nitrogens is 5. The van der Waals surface area contributed by atoms with Gasteiger partial charge < -0.3 is 9.84 Å². The summed E-state index contributed by atoms with van der Waals surface area (Å²) in [4.78, 5) is 8.49. The van der Waals surface area contributed by atoms with Crippen LogP contribution in [-0.2, 0) is 6.54 Å². The van der Waals surface area contributed by atoms with Crippen LogP contribution >= 0.6 is 0 Å². The van der Waals surface area contributed by atoms with Crippen LogP contribution in [0, 0.1) is 6.92 Å². The van der Waals surface area contributed by atoms with E-state index in [1.165, 1.54) is 0 Å². The summed E-state index contributed by atoms with van der Waals surface area (Å²) in [5, 5.41) is 11.6. The van der Waals surface area contributed by atoms with E-state index in [9.17, 15) is 0 Å². The Morgan fingerprint density at radius 1 is 1.40 bits per heavy atom. The average Bonchev–Trinajstić information content (AvgIpc) is 3.02. The Labute approximate surface area is 116 Å². The summed E-state index contributed by atoms with van der Waals surface area (Å²) in [6.07, 6.45) is 3.55. The zero-order valence-corrected chi connectivity index (χ0v) is 11.7. The van der Waals surface area contributed by atoms with Gasteiger partial charge in [0.05, 0.1) is 12.2 Å². The third-order valence-corrected chi connectivity index (χ3v) is 2.98. The maximum atomic E-state index is 4.94. The zero-order chi connectivity index (χ0) is 14.1. The molecule has 0 aliphatic heterocycles. The van der Waals surface area contributed by atoms with E-state index in [0.717, 1.165) is 17.0 Å². The molecule has 1 N–H and O–H groups in total. The van der Waals surface area contributed by atoms with Crippen molar-refractivity contribution in [1.29, 1.82) is 0 Å². The van der Waals surface area contributed by atoms with Crippen LogP contribution in [0.1, 0.15) is 37.2 Å². The van der Waals surface area contributed by atoms with Crippen molar-refractivity contribution in [2.75, 3.05) is 5.32 Å². The fourth-order valence-electron chi connectivity index (χ4n) is 1.94. The van der Waals surface area contributed by atoms with E-state index in [4.69, 9.17) is 4.52 Å². The second-order valence-electron chi connectivity index (χ2n) is 4.91. The summed E-state index contributed by atoms with van der Waals surface area (Å²) in [5.74, 6) is 2.30. The summed E-state index contributed by atoms with van der Waals surface area (Å²) < 4.78 is 6.76. The maximum absolute atomic E-state index is 4.94. The standard InChI is InChI=1S/C13H16N6O/c1-8(2)10-6-11-13(14-4-5-19(11)17-10)15-7-12-16-9(3)20-18-12/h4-6,8H,7H2,1-3H3,(H,14,15). The second-order valence-corrected chi connectivity index (χ2v) is 4.91. The highest BCUT2D eigenvalue weighted by Crippen LogP contribution is 2.20. The summed E-state index contributed by atoms with van der Waals surface area (Å²) >= 11 is 0. The number of anilines is 1. The number of nitrogens with one attached hydrogen (secondary N) is 1. The predicted octanol–water partition coefficient (Wildman–Crippen LogP) is 2.16. The van der Waals surface area contributed by atoms with E-state index < -0.39 is 0 Å². The lowest BCUT2D eigenvalue weighted by Crippen LogP contribution is -2.04.